The Balaban J connectivity index is 2.90. The van der Waals surface area contributed by atoms with Crippen LogP contribution in [0.2, 0.25) is 10.0 Å². The fourth-order valence-corrected chi connectivity index (χ4v) is 2.32. The molecule has 0 aliphatic heterocycles. The van der Waals surface area contributed by atoms with Crippen LogP contribution in [0.4, 0.5) is 0 Å². The van der Waals surface area contributed by atoms with Crippen LogP contribution in [0, 0.1) is 0 Å². The highest BCUT2D eigenvalue weighted by Crippen LogP contribution is 2.27. The maximum absolute atomic E-state index is 10.4. The summed E-state index contributed by atoms with van der Waals surface area (Å²) in [6.07, 6.45) is 0.458. The lowest BCUT2D eigenvalue weighted by molar-refractivity contribution is -0.136. The third-order valence-corrected chi connectivity index (χ3v) is 3.28. The van der Waals surface area contributed by atoms with E-state index in [9.17, 15) is 4.79 Å². The minimum Gasteiger partial charge on any atom is -0.481 e. The Morgan fingerprint density at radius 2 is 1.80 bits per heavy atom. The fraction of sp³-hybridized carbons (Fsp3) is 0.300. The van der Waals surface area contributed by atoms with Crippen LogP contribution in [0.25, 0.3) is 0 Å². The predicted octanol–water partition coefficient (Wildman–Crippen LogP) is 3.91. The van der Waals surface area contributed by atoms with Gasteiger partial charge in [0.25, 0.3) is 0 Å². The molecule has 0 atom stereocenters. The van der Waals surface area contributed by atoms with Crippen LogP contribution in [0.1, 0.15) is 17.5 Å². The van der Waals surface area contributed by atoms with Gasteiger partial charge < -0.3 is 5.11 Å². The van der Waals surface area contributed by atoms with E-state index < -0.39 is 5.97 Å². The van der Waals surface area contributed by atoms with Gasteiger partial charge in [0.05, 0.1) is 0 Å². The topological polar surface area (TPSA) is 37.3 Å². The highest BCUT2D eigenvalue weighted by molar-refractivity contribution is 9.08. The SMILES string of the molecule is O=C(O)CCc1cc(Cl)c(CBr)cc1Cl. The molecule has 0 amide bonds. The zero-order valence-electron chi connectivity index (χ0n) is 7.77. The molecule has 1 N–H and O–H groups in total. The van der Waals surface area contributed by atoms with Crippen LogP contribution < -0.4 is 0 Å². The van der Waals surface area contributed by atoms with Crippen molar-refractivity contribution in [3.63, 3.8) is 0 Å². The zero-order valence-corrected chi connectivity index (χ0v) is 10.9. The molecule has 1 aromatic rings. The van der Waals surface area contributed by atoms with Crippen molar-refractivity contribution >= 4 is 45.1 Å². The molecular formula is C10H9BrCl2O2. The van der Waals surface area contributed by atoms with Gasteiger partial charge in [-0.15, -0.1) is 0 Å². The zero-order chi connectivity index (χ0) is 11.4. The molecule has 0 aromatic heterocycles. The molecule has 0 spiro atoms. The average molecular weight is 312 g/mol. The predicted molar refractivity (Wildman–Crippen MR) is 65.0 cm³/mol. The number of rotatable bonds is 4. The monoisotopic (exact) mass is 310 g/mol. The van der Waals surface area contributed by atoms with Crippen molar-refractivity contribution in [1.29, 1.82) is 0 Å². The number of aryl methyl sites for hydroxylation is 1. The van der Waals surface area contributed by atoms with Crippen LogP contribution in [-0.4, -0.2) is 11.1 Å². The van der Waals surface area contributed by atoms with Crippen LogP contribution in [0.3, 0.4) is 0 Å². The number of hydrogen-bond donors (Lipinski definition) is 1. The Labute approximate surface area is 106 Å². The summed E-state index contributed by atoms with van der Waals surface area (Å²) in [4.78, 5) is 10.4. The lowest BCUT2D eigenvalue weighted by atomic mass is 10.1. The number of carbonyl (C=O) groups is 1. The smallest absolute Gasteiger partial charge is 0.303 e. The van der Waals surface area contributed by atoms with Crippen molar-refractivity contribution in [1.82, 2.24) is 0 Å². The summed E-state index contributed by atoms with van der Waals surface area (Å²) in [5, 5.41) is 10.4. The van der Waals surface area contributed by atoms with Gasteiger partial charge in [0.1, 0.15) is 0 Å². The summed E-state index contributed by atoms with van der Waals surface area (Å²) in [7, 11) is 0. The number of hydrogen-bond acceptors (Lipinski definition) is 1. The Hall–Kier alpha value is -0.250. The molecule has 0 radical (unpaired) electrons. The van der Waals surface area contributed by atoms with Crippen molar-refractivity contribution in [3.8, 4) is 0 Å². The molecule has 0 aliphatic carbocycles. The van der Waals surface area contributed by atoms with Gasteiger partial charge in [-0.1, -0.05) is 39.1 Å². The summed E-state index contributed by atoms with van der Waals surface area (Å²) in [6, 6.07) is 3.49. The number of carboxylic acids is 1. The summed E-state index contributed by atoms with van der Waals surface area (Å²) in [5.41, 5.74) is 1.68. The third kappa shape index (κ3) is 3.67. The molecule has 0 saturated heterocycles. The largest absolute Gasteiger partial charge is 0.481 e. The first kappa shape index (κ1) is 12.8. The van der Waals surface area contributed by atoms with E-state index in [0.717, 1.165) is 11.1 Å². The second-order valence-corrected chi connectivity index (χ2v) is 4.44. The number of carboxylic acid groups (broad SMARTS) is 1. The number of halogens is 3. The Bertz CT molecular complexity index is 380. The van der Waals surface area contributed by atoms with Gasteiger partial charge >= 0.3 is 5.97 Å². The summed E-state index contributed by atoms with van der Waals surface area (Å²) >= 11 is 15.3. The van der Waals surface area contributed by atoms with Crippen molar-refractivity contribution < 1.29 is 9.90 Å². The van der Waals surface area contributed by atoms with E-state index in [1.54, 1.807) is 12.1 Å². The maximum Gasteiger partial charge on any atom is 0.303 e. The van der Waals surface area contributed by atoms with Gasteiger partial charge in [0, 0.05) is 21.8 Å². The van der Waals surface area contributed by atoms with Crippen LogP contribution >= 0.6 is 39.1 Å². The molecular weight excluding hydrogens is 303 g/mol. The van der Waals surface area contributed by atoms with Crippen LogP contribution in [0.15, 0.2) is 12.1 Å². The van der Waals surface area contributed by atoms with E-state index in [4.69, 9.17) is 28.3 Å². The minimum atomic E-state index is -0.841. The molecule has 2 nitrogen and oxygen atoms in total. The Morgan fingerprint density at radius 3 is 2.33 bits per heavy atom. The van der Waals surface area contributed by atoms with Crippen LogP contribution in [-0.2, 0) is 16.5 Å². The number of benzene rings is 1. The lowest BCUT2D eigenvalue weighted by Gasteiger charge is -2.06. The highest BCUT2D eigenvalue weighted by atomic mass is 79.9. The van der Waals surface area contributed by atoms with Crippen molar-refractivity contribution in [2.45, 2.75) is 18.2 Å². The van der Waals surface area contributed by atoms with E-state index in [-0.39, 0.29) is 6.42 Å². The molecule has 0 aliphatic rings. The van der Waals surface area contributed by atoms with Gasteiger partial charge in [-0.25, -0.2) is 0 Å². The maximum atomic E-state index is 10.4. The fourth-order valence-electron chi connectivity index (χ4n) is 1.16. The van der Waals surface area contributed by atoms with Gasteiger partial charge in [0.15, 0.2) is 0 Å². The van der Waals surface area contributed by atoms with E-state index in [2.05, 4.69) is 15.9 Å². The molecule has 1 aromatic carbocycles. The molecule has 0 unspecified atom stereocenters. The summed E-state index contributed by atoms with van der Waals surface area (Å²) in [5.74, 6) is -0.841. The first-order valence-electron chi connectivity index (χ1n) is 4.29. The highest BCUT2D eigenvalue weighted by Gasteiger charge is 2.08. The van der Waals surface area contributed by atoms with E-state index >= 15 is 0 Å². The van der Waals surface area contributed by atoms with Crippen molar-refractivity contribution in [2.75, 3.05) is 0 Å². The van der Waals surface area contributed by atoms with E-state index in [0.29, 0.717) is 21.8 Å². The molecule has 15 heavy (non-hydrogen) atoms. The first-order valence-corrected chi connectivity index (χ1v) is 6.17. The Kier molecular flexibility index (Phi) is 4.90. The molecule has 0 bridgehead atoms. The van der Waals surface area contributed by atoms with Crippen LogP contribution in [0.5, 0.6) is 0 Å². The third-order valence-electron chi connectivity index (χ3n) is 1.97. The minimum absolute atomic E-state index is 0.0592. The normalized spacial score (nSPS) is 10.3. The Morgan fingerprint density at radius 1 is 1.27 bits per heavy atom. The number of aliphatic carboxylic acids is 1. The molecule has 1 rings (SSSR count). The van der Waals surface area contributed by atoms with E-state index in [1.807, 2.05) is 0 Å². The van der Waals surface area contributed by atoms with E-state index in [1.165, 1.54) is 0 Å². The second-order valence-electron chi connectivity index (χ2n) is 3.06. The van der Waals surface area contributed by atoms with Gasteiger partial charge in [0.2, 0.25) is 0 Å². The summed E-state index contributed by atoms with van der Waals surface area (Å²) < 4.78 is 0. The molecule has 0 heterocycles. The first-order chi connectivity index (χ1) is 7.04. The quantitative estimate of drug-likeness (QED) is 0.856. The van der Waals surface area contributed by atoms with Gasteiger partial charge in [-0.05, 0) is 29.7 Å². The van der Waals surface area contributed by atoms with Crippen molar-refractivity contribution in [2.24, 2.45) is 0 Å². The van der Waals surface area contributed by atoms with Gasteiger partial charge in [-0.2, -0.15) is 0 Å². The molecule has 5 heteroatoms. The lowest BCUT2D eigenvalue weighted by Crippen LogP contribution is -1.98. The molecule has 0 fully saturated rings. The van der Waals surface area contributed by atoms with Gasteiger partial charge in [-0.3, -0.25) is 4.79 Å². The van der Waals surface area contributed by atoms with Crippen molar-refractivity contribution in [3.05, 3.63) is 33.3 Å². The molecule has 82 valence electrons. The molecule has 0 saturated carbocycles. The second kappa shape index (κ2) is 5.73. The average Bonchev–Trinajstić information content (AvgIpc) is 2.18. The number of alkyl halides is 1. The standard InChI is InChI=1S/C10H9BrCl2O2/c11-5-7-4-8(12)6(3-9(7)13)1-2-10(14)15/h3-4H,1-2,5H2,(H,14,15). The summed E-state index contributed by atoms with van der Waals surface area (Å²) in [6.45, 7) is 0.